The zero-order valence-electron chi connectivity index (χ0n) is 14.7. The lowest BCUT2D eigenvalue weighted by atomic mass is 9.83. The van der Waals surface area contributed by atoms with Gasteiger partial charge in [-0.25, -0.2) is 4.98 Å². The number of nitrogens with zero attached hydrogens (tertiary/aromatic N) is 1. The second-order valence-corrected chi connectivity index (χ2v) is 7.33. The number of hydrogen-bond acceptors (Lipinski definition) is 2. The molecule has 3 aromatic rings. The minimum absolute atomic E-state index is 0.0834. The van der Waals surface area contributed by atoms with Gasteiger partial charge in [0, 0.05) is 34.6 Å². The van der Waals surface area contributed by atoms with Crippen molar-refractivity contribution in [3.8, 4) is 0 Å². The molecule has 132 valence electrons. The van der Waals surface area contributed by atoms with Gasteiger partial charge in [-0.15, -0.1) is 0 Å². The van der Waals surface area contributed by atoms with Crippen LogP contribution >= 0.6 is 15.9 Å². The summed E-state index contributed by atoms with van der Waals surface area (Å²) in [4.78, 5) is 16.6. The van der Waals surface area contributed by atoms with E-state index in [2.05, 4.69) is 27.0 Å². The van der Waals surface area contributed by atoms with Crippen LogP contribution in [0.15, 0.2) is 65.3 Å². The number of hydrogen-bond donors (Lipinski definition) is 0. The van der Waals surface area contributed by atoms with Crippen molar-refractivity contribution in [2.24, 2.45) is 0 Å². The summed E-state index contributed by atoms with van der Waals surface area (Å²) >= 11 is 3.45. The van der Waals surface area contributed by atoms with E-state index in [9.17, 15) is 9.18 Å². The normalized spacial score (nSPS) is 12.0. The first-order valence-electron chi connectivity index (χ1n) is 8.42. The summed E-state index contributed by atoms with van der Waals surface area (Å²) in [6.07, 6.45) is 1.68. The van der Waals surface area contributed by atoms with E-state index in [1.807, 2.05) is 49.4 Å². The zero-order chi connectivity index (χ0) is 18.7. The number of Topliss-reactive ketones (excluding diaryl/α,β-unsaturated/α-hetero) is 1. The number of carbonyl (C=O) groups is 1. The molecule has 4 heteroatoms. The Morgan fingerprint density at radius 1 is 1.08 bits per heavy atom. The van der Waals surface area contributed by atoms with Gasteiger partial charge in [-0.1, -0.05) is 52.3 Å². The predicted octanol–water partition coefficient (Wildman–Crippen LogP) is 6.00. The molecule has 0 bridgehead atoms. The Kier molecular flexibility index (Phi) is 5.62. The molecule has 1 aromatic heterocycles. The maximum atomic E-state index is 13.5. The molecule has 2 nitrogen and oxygen atoms in total. The van der Waals surface area contributed by atoms with E-state index < -0.39 is 5.95 Å². The van der Waals surface area contributed by atoms with Gasteiger partial charge in [0.05, 0.1) is 0 Å². The van der Waals surface area contributed by atoms with Crippen LogP contribution in [-0.2, 0) is 0 Å². The molecule has 0 radical (unpaired) electrons. The van der Waals surface area contributed by atoms with Crippen molar-refractivity contribution in [1.82, 2.24) is 4.98 Å². The number of pyridine rings is 1. The van der Waals surface area contributed by atoms with Crippen molar-refractivity contribution >= 4 is 21.7 Å². The highest BCUT2D eigenvalue weighted by atomic mass is 79.9. The molecule has 1 atom stereocenters. The highest BCUT2D eigenvalue weighted by molar-refractivity contribution is 9.10. The third kappa shape index (κ3) is 4.07. The third-order valence-electron chi connectivity index (χ3n) is 4.60. The molecule has 26 heavy (non-hydrogen) atoms. The summed E-state index contributed by atoms with van der Waals surface area (Å²) in [5.41, 5.74) is 4.38. The molecular weight excluding hydrogens is 393 g/mol. The molecule has 0 aliphatic heterocycles. The van der Waals surface area contributed by atoms with E-state index in [0.29, 0.717) is 11.1 Å². The number of aromatic nitrogens is 1. The number of carbonyl (C=O) groups excluding carboxylic acids is 1. The van der Waals surface area contributed by atoms with E-state index >= 15 is 0 Å². The lowest BCUT2D eigenvalue weighted by Crippen LogP contribution is -2.12. The summed E-state index contributed by atoms with van der Waals surface area (Å²) in [7, 11) is 0. The largest absolute Gasteiger partial charge is 0.294 e. The van der Waals surface area contributed by atoms with Crippen LogP contribution in [0.4, 0.5) is 4.39 Å². The van der Waals surface area contributed by atoms with Crippen molar-refractivity contribution in [1.29, 1.82) is 0 Å². The van der Waals surface area contributed by atoms with Gasteiger partial charge in [-0.3, -0.25) is 4.79 Å². The Balaban J connectivity index is 2.01. The van der Waals surface area contributed by atoms with E-state index in [-0.39, 0.29) is 18.1 Å². The van der Waals surface area contributed by atoms with Crippen LogP contribution in [0.2, 0.25) is 0 Å². The van der Waals surface area contributed by atoms with Crippen LogP contribution in [0.3, 0.4) is 0 Å². The summed E-state index contributed by atoms with van der Waals surface area (Å²) in [6, 6.07) is 17.3. The van der Waals surface area contributed by atoms with Gasteiger partial charge < -0.3 is 0 Å². The second kappa shape index (κ2) is 7.92. The predicted molar refractivity (Wildman–Crippen MR) is 105 cm³/mol. The molecule has 1 heterocycles. The minimum atomic E-state index is -0.630. The molecule has 3 rings (SSSR count). The molecule has 0 aliphatic carbocycles. The first-order valence-corrected chi connectivity index (χ1v) is 9.21. The second-order valence-electron chi connectivity index (χ2n) is 6.41. The third-order valence-corrected chi connectivity index (χ3v) is 5.12. The van der Waals surface area contributed by atoms with Gasteiger partial charge in [-0.2, -0.15) is 4.39 Å². The number of rotatable bonds is 5. The van der Waals surface area contributed by atoms with Crippen molar-refractivity contribution < 1.29 is 9.18 Å². The van der Waals surface area contributed by atoms with Gasteiger partial charge in [0.1, 0.15) is 0 Å². The lowest BCUT2D eigenvalue weighted by Gasteiger charge is -2.20. The van der Waals surface area contributed by atoms with Crippen LogP contribution in [0.5, 0.6) is 0 Å². The number of aryl methyl sites for hydroxylation is 2. The Bertz CT molecular complexity index is 937. The van der Waals surface area contributed by atoms with Crippen LogP contribution in [0.1, 0.15) is 45.0 Å². The molecule has 0 N–H and O–H groups in total. The van der Waals surface area contributed by atoms with Gasteiger partial charge >= 0.3 is 0 Å². The Hall–Kier alpha value is -2.33. The molecular formula is C22H19BrFNO. The SMILES string of the molecule is Cc1cnc(F)cc1C(=O)CC(c1ccc(Br)cc1)c1ccccc1C. The average molecular weight is 412 g/mol. The lowest BCUT2D eigenvalue weighted by molar-refractivity contribution is 0.0976. The molecule has 0 aliphatic rings. The van der Waals surface area contributed by atoms with Crippen molar-refractivity contribution in [2.45, 2.75) is 26.2 Å². The zero-order valence-corrected chi connectivity index (χ0v) is 16.3. The molecule has 0 saturated heterocycles. The van der Waals surface area contributed by atoms with Crippen LogP contribution in [-0.4, -0.2) is 10.8 Å². The van der Waals surface area contributed by atoms with E-state index in [1.165, 1.54) is 12.3 Å². The summed E-state index contributed by atoms with van der Waals surface area (Å²) in [5.74, 6) is -0.803. The average Bonchev–Trinajstić information content (AvgIpc) is 2.63. The van der Waals surface area contributed by atoms with Gasteiger partial charge in [0.2, 0.25) is 5.95 Å². The molecule has 0 saturated carbocycles. The monoisotopic (exact) mass is 411 g/mol. The first-order chi connectivity index (χ1) is 12.5. The van der Waals surface area contributed by atoms with E-state index in [0.717, 1.165) is 21.2 Å². The number of halogens is 2. The quantitative estimate of drug-likeness (QED) is 0.380. The Labute approximate surface area is 161 Å². The summed E-state index contributed by atoms with van der Waals surface area (Å²) < 4.78 is 14.5. The molecule has 2 aromatic carbocycles. The molecule has 1 unspecified atom stereocenters. The van der Waals surface area contributed by atoms with Gasteiger partial charge in [0.25, 0.3) is 0 Å². The molecule has 0 spiro atoms. The maximum Gasteiger partial charge on any atom is 0.213 e. The standard InChI is InChI=1S/C22H19BrFNO/c1-14-5-3-4-6-18(14)20(16-7-9-17(23)10-8-16)11-21(26)19-12-22(24)25-13-15(19)2/h3-10,12-13,20H,11H2,1-2H3. The van der Waals surface area contributed by atoms with Crippen molar-refractivity contribution in [3.05, 3.63) is 99.0 Å². The fourth-order valence-electron chi connectivity index (χ4n) is 3.17. The van der Waals surface area contributed by atoms with E-state index in [1.54, 1.807) is 6.92 Å². The summed E-state index contributed by atoms with van der Waals surface area (Å²) in [6.45, 7) is 3.82. The van der Waals surface area contributed by atoms with Crippen LogP contribution in [0, 0.1) is 19.8 Å². The van der Waals surface area contributed by atoms with E-state index in [4.69, 9.17) is 0 Å². The fraction of sp³-hybridized carbons (Fsp3) is 0.182. The van der Waals surface area contributed by atoms with Crippen LogP contribution in [0.25, 0.3) is 0 Å². The Morgan fingerprint density at radius 3 is 2.46 bits per heavy atom. The molecule has 0 amide bonds. The van der Waals surface area contributed by atoms with Crippen LogP contribution < -0.4 is 0 Å². The topological polar surface area (TPSA) is 30.0 Å². The summed E-state index contributed by atoms with van der Waals surface area (Å²) in [5, 5.41) is 0. The van der Waals surface area contributed by atoms with Gasteiger partial charge in [-0.05, 0) is 48.2 Å². The first kappa shape index (κ1) is 18.5. The highest BCUT2D eigenvalue weighted by Crippen LogP contribution is 2.32. The smallest absolute Gasteiger partial charge is 0.213 e. The Morgan fingerprint density at radius 2 is 1.77 bits per heavy atom. The molecule has 0 fully saturated rings. The number of benzene rings is 2. The minimum Gasteiger partial charge on any atom is -0.294 e. The maximum absolute atomic E-state index is 13.5. The highest BCUT2D eigenvalue weighted by Gasteiger charge is 2.22. The van der Waals surface area contributed by atoms with Crippen molar-refractivity contribution in [2.75, 3.05) is 0 Å². The van der Waals surface area contributed by atoms with Gasteiger partial charge in [0.15, 0.2) is 5.78 Å². The van der Waals surface area contributed by atoms with Crippen molar-refractivity contribution in [3.63, 3.8) is 0 Å². The fourth-order valence-corrected chi connectivity index (χ4v) is 3.44. The number of ketones is 1.